The first-order valence-corrected chi connectivity index (χ1v) is 4.93. The van der Waals surface area contributed by atoms with Crippen LogP contribution in [-0.2, 0) is 13.0 Å². The summed E-state index contributed by atoms with van der Waals surface area (Å²) in [6.07, 6.45) is 1.11. The van der Waals surface area contributed by atoms with Crippen LogP contribution in [-0.4, -0.2) is 25.3 Å². The lowest BCUT2D eigenvalue weighted by Crippen LogP contribution is -2.26. The molecule has 3 nitrogen and oxygen atoms in total. The maximum absolute atomic E-state index is 5.36. The summed E-state index contributed by atoms with van der Waals surface area (Å²) in [6, 6.07) is 4.25. The lowest BCUT2D eigenvalue weighted by molar-refractivity contribution is 0.174. The fourth-order valence-electron chi connectivity index (χ4n) is 2.09. The van der Waals surface area contributed by atoms with Crippen molar-refractivity contribution in [2.24, 2.45) is 0 Å². The third-order valence-electron chi connectivity index (χ3n) is 2.90. The molecule has 0 fully saturated rings. The summed E-state index contributed by atoms with van der Waals surface area (Å²) in [5.41, 5.74) is 2.79. The summed E-state index contributed by atoms with van der Waals surface area (Å²) in [4.78, 5) is 2.32. The zero-order chi connectivity index (χ0) is 9.54. The van der Waals surface area contributed by atoms with E-state index in [0.29, 0.717) is 6.79 Å². The SMILES string of the molecule is CN1CCc2cc3c(cc2C1)OCO3.Cl. The van der Waals surface area contributed by atoms with Crippen molar-refractivity contribution >= 4 is 12.4 Å². The number of hydrogen-bond acceptors (Lipinski definition) is 3. The second-order valence-corrected chi connectivity index (χ2v) is 3.96. The minimum Gasteiger partial charge on any atom is -0.454 e. The largest absolute Gasteiger partial charge is 0.454 e. The van der Waals surface area contributed by atoms with E-state index in [4.69, 9.17) is 9.47 Å². The van der Waals surface area contributed by atoms with E-state index >= 15 is 0 Å². The number of halogens is 1. The highest BCUT2D eigenvalue weighted by atomic mass is 35.5. The van der Waals surface area contributed by atoms with Gasteiger partial charge in [0, 0.05) is 13.1 Å². The molecule has 0 radical (unpaired) electrons. The quantitative estimate of drug-likeness (QED) is 0.675. The molecule has 15 heavy (non-hydrogen) atoms. The molecule has 2 heterocycles. The fourth-order valence-corrected chi connectivity index (χ4v) is 2.09. The molecular weight excluding hydrogens is 214 g/mol. The summed E-state index contributed by atoms with van der Waals surface area (Å²) in [6.45, 7) is 2.52. The Balaban J connectivity index is 0.000000853. The molecule has 0 N–H and O–H groups in total. The van der Waals surface area contributed by atoms with Gasteiger partial charge in [-0.15, -0.1) is 12.4 Å². The molecule has 0 saturated heterocycles. The Morgan fingerprint density at radius 3 is 2.53 bits per heavy atom. The van der Waals surface area contributed by atoms with Gasteiger partial charge in [-0.2, -0.15) is 0 Å². The van der Waals surface area contributed by atoms with E-state index in [9.17, 15) is 0 Å². The van der Waals surface area contributed by atoms with Crippen LogP contribution in [0.2, 0.25) is 0 Å². The first-order valence-electron chi connectivity index (χ1n) is 4.93. The fraction of sp³-hybridized carbons (Fsp3) is 0.455. The summed E-state index contributed by atoms with van der Waals surface area (Å²) < 4.78 is 10.7. The van der Waals surface area contributed by atoms with Crippen LogP contribution >= 0.6 is 12.4 Å². The van der Waals surface area contributed by atoms with Gasteiger partial charge in [-0.05, 0) is 36.7 Å². The molecule has 2 aliphatic rings. The lowest BCUT2D eigenvalue weighted by atomic mass is 9.99. The van der Waals surface area contributed by atoms with Gasteiger partial charge in [0.15, 0.2) is 11.5 Å². The van der Waals surface area contributed by atoms with Gasteiger partial charge in [0.1, 0.15) is 0 Å². The van der Waals surface area contributed by atoms with Crippen molar-refractivity contribution in [1.82, 2.24) is 4.90 Å². The van der Waals surface area contributed by atoms with Crippen molar-refractivity contribution in [3.8, 4) is 11.5 Å². The third-order valence-corrected chi connectivity index (χ3v) is 2.90. The number of ether oxygens (including phenoxy) is 2. The molecule has 0 saturated carbocycles. The van der Waals surface area contributed by atoms with E-state index in [2.05, 4.69) is 24.1 Å². The predicted octanol–water partition coefficient (Wildman–Crippen LogP) is 1.82. The third kappa shape index (κ3) is 1.77. The van der Waals surface area contributed by atoms with Gasteiger partial charge in [-0.25, -0.2) is 0 Å². The first-order chi connectivity index (χ1) is 6.83. The number of hydrogen-bond donors (Lipinski definition) is 0. The molecule has 2 aliphatic heterocycles. The van der Waals surface area contributed by atoms with Crippen LogP contribution < -0.4 is 9.47 Å². The molecule has 4 heteroatoms. The van der Waals surface area contributed by atoms with Crippen molar-refractivity contribution in [2.45, 2.75) is 13.0 Å². The summed E-state index contributed by atoms with van der Waals surface area (Å²) in [7, 11) is 2.15. The molecule has 0 unspecified atom stereocenters. The zero-order valence-electron chi connectivity index (χ0n) is 8.66. The van der Waals surface area contributed by atoms with Crippen molar-refractivity contribution in [3.63, 3.8) is 0 Å². The molecule has 1 aromatic rings. The van der Waals surface area contributed by atoms with Crippen molar-refractivity contribution in [3.05, 3.63) is 23.3 Å². The van der Waals surface area contributed by atoms with Crippen LogP contribution in [0.3, 0.4) is 0 Å². The number of nitrogens with zero attached hydrogens (tertiary/aromatic N) is 1. The summed E-state index contributed by atoms with van der Waals surface area (Å²) >= 11 is 0. The molecule has 3 rings (SSSR count). The number of rotatable bonds is 0. The van der Waals surface area contributed by atoms with Gasteiger partial charge in [0.25, 0.3) is 0 Å². The van der Waals surface area contributed by atoms with Crippen LogP contribution in [0.15, 0.2) is 12.1 Å². The average molecular weight is 228 g/mol. The van der Waals surface area contributed by atoms with E-state index < -0.39 is 0 Å². The molecule has 0 spiro atoms. The Bertz CT molecular complexity index is 381. The lowest BCUT2D eigenvalue weighted by Gasteiger charge is -2.24. The van der Waals surface area contributed by atoms with Crippen LogP contribution in [0.4, 0.5) is 0 Å². The van der Waals surface area contributed by atoms with Crippen LogP contribution in [0.5, 0.6) is 11.5 Å². The molecule has 1 aromatic carbocycles. The molecule has 0 aromatic heterocycles. The standard InChI is InChI=1S/C11H13NO2.ClH/c1-12-3-2-8-4-10-11(14-7-13-10)5-9(8)6-12;/h4-5H,2-3,6-7H2,1H3;1H. The molecule has 0 atom stereocenters. The van der Waals surface area contributed by atoms with Crippen LogP contribution in [0, 0.1) is 0 Å². The van der Waals surface area contributed by atoms with E-state index in [1.807, 2.05) is 0 Å². The average Bonchev–Trinajstić information content (AvgIpc) is 2.61. The highest BCUT2D eigenvalue weighted by Gasteiger charge is 2.20. The maximum Gasteiger partial charge on any atom is 0.231 e. The first kappa shape index (κ1) is 10.6. The van der Waals surface area contributed by atoms with Gasteiger partial charge >= 0.3 is 0 Å². The number of fused-ring (bicyclic) bond motifs is 2. The normalized spacial score (nSPS) is 18.2. The van der Waals surface area contributed by atoms with Gasteiger partial charge in [-0.3, -0.25) is 0 Å². The monoisotopic (exact) mass is 227 g/mol. The van der Waals surface area contributed by atoms with E-state index in [-0.39, 0.29) is 12.4 Å². The van der Waals surface area contributed by atoms with Crippen molar-refractivity contribution in [2.75, 3.05) is 20.4 Å². The minimum absolute atomic E-state index is 0. The van der Waals surface area contributed by atoms with Crippen molar-refractivity contribution < 1.29 is 9.47 Å². The second-order valence-electron chi connectivity index (χ2n) is 3.96. The predicted molar refractivity (Wildman–Crippen MR) is 59.9 cm³/mol. The number of likely N-dealkylation sites (N-methyl/N-ethyl adjacent to an activating group) is 1. The molecular formula is C11H14ClNO2. The maximum atomic E-state index is 5.36. The van der Waals surface area contributed by atoms with Crippen molar-refractivity contribution in [1.29, 1.82) is 0 Å². The second kappa shape index (κ2) is 3.91. The zero-order valence-corrected chi connectivity index (χ0v) is 9.47. The number of benzene rings is 1. The van der Waals surface area contributed by atoms with E-state index in [1.54, 1.807) is 0 Å². The smallest absolute Gasteiger partial charge is 0.231 e. The Morgan fingerprint density at radius 1 is 1.13 bits per heavy atom. The highest BCUT2D eigenvalue weighted by molar-refractivity contribution is 5.85. The topological polar surface area (TPSA) is 21.7 Å². The van der Waals surface area contributed by atoms with Gasteiger partial charge < -0.3 is 14.4 Å². The van der Waals surface area contributed by atoms with Gasteiger partial charge in [-0.1, -0.05) is 0 Å². The summed E-state index contributed by atoms with van der Waals surface area (Å²) in [5, 5.41) is 0. The Morgan fingerprint density at radius 2 is 1.80 bits per heavy atom. The Labute approximate surface area is 95.4 Å². The van der Waals surface area contributed by atoms with E-state index in [1.165, 1.54) is 11.1 Å². The minimum atomic E-state index is 0. The highest BCUT2D eigenvalue weighted by Crippen LogP contribution is 2.36. The molecule has 0 amide bonds. The van der Waals surface area contributed by atoms with Crippen LogP contribution in [0.25, 0.3) is 0 Å². The molecule has 82 valence electrons. The van der Waals surface area contributed by atoms with Gasteiger partial charge in [0.2, 0.25) is 6.79 Å². The Kier molecular flexibility index (Phi) is 2.76. The Hall–Kier alpha value is -0.930. The summed E-state index contributed by atoms with van der Waals surface area (Å²) in [5.74, 6) is 1.81. The van der Waals surface area contributed by atoms with E-state index in [0.717, 1.165) is 31.0 Å². The molecule has 0 bridgehead atoms. The van der Waals surface area contributed by atoms with Crippen LogP contribution in [0.1, 0.15) is 11.1 Å². The molecule has 0 aliphatic carbocycles. The van der Waals surface area contributed by atoms with Gasteiger partial charge in [0.05, 0.1) is 0 Å².